The summed E-state index contributed by atoms with van der Waals surface area (Å²) in [7, 11) is 0. The SMILES string of the molecule is Cc1ccc(C(=O)c2oc3ccccc3c2NC(=O)c2cc(C)c(-c3ccccc3)s2)cc1F. The predicted molar refractivity (Wildman–Crippen MR) is 133 cm³/mol. The average molecular weight is 470 g/mol. The molecule has 0 spiro atoms. The number of hydrogen-bond donors (Lipinski definition) is 1. The second-order valence-corrected chi connectivity index (χ2v) is 9.09. The fraction of sp³-hybridized carbons (Fsp3) is 0.0714. The molecule has 0 radical (unpaired) electrons. The second-order valence-electron chi connectivity index (χ2n) is 8.04. The number of ketones is 1. The first-order valence-corrected chi connectivity index (χ1v) is 11.5. The molecule has 168 valence electrons. The van der Waals surface area contributed by atoms with Crippen molar-refractivity contribution in [2.45, 2.75) is 13.8 Å². The number of thiophene rings is 1. The number of hydrogen-bond acceptors (Lipinski definition) is 4. The first-order valence-electron chi connectivity index (χ1n) is 10.7. The Morgan fingerprint density at radius 2 is 1.62 bits per heavy atom. The Morgan fingerprint density at radius 3 is 2.38 bits per heavy atom. The number of furan rings is 1. The minimum Gasteiger partial charge on any atom is -0.450 e. The van der Waals surface area contributed by atoms with E-state index in [1.807, 2.05) is 43.3 Å². The Labute approximate surface area is 199 Å². The highest BCUT2D eigenvalue weighted by molar-refractivity contribution is 7.17. The molecule has 5 rings (SSSR count). The summed E-state index contributed by atoms with van der Waals surface area (Å²) >= 11 is 1.38. The molecule has 0 bridgehead atoms. The highest BCUT2D eigenvalue weighted by Gasteiger charge is 2.25. The van der Waals surface area contributed by atoms with Gasteiger partial charge in [-0.2, -0.15) is 0 Å². The molecule has 0 aliphatic heterocycles. The molecular weight excluding hydrogens is 449 g/mol. The molecule has 6 heteroatoms. The number of rotatable bonds is 5. The van der Waals surface area contributed by atoms with E-state index in [0.29, 0.717) is 21.4 Å². The van der Waals surface area contributed by atoms with Crippen molar-refractivity contribution in [2.24, 2.45) is 0 Å². The quantitative estimate of drug-likeness (QED) is 0.273. The summed E-state index contributed by atoms with van der Waals surface area (Å²) < 4.78 is 20.0. The molecule has 0 saturated heterocycles. The molecule has 1 amide bonds. The molecule has 0 aliphatic carbocycles. The van der Waals surface area contributed by atoms with E-state index in [1.54, 1.807) is 43.3 Å². The number of benzene rings is 3. The van der Waals surface area contributed by atoms with Crippen molar-refractivity contribution in [1.82, 2.24) is 0 Å². The zero-order valence-electron chi connectivity index (χ0n) is 18.5. The first-order chi connectivity index (χ1) is 16.4. The molecule has 4 nitrogen and oxygen atoms in total. The van der Waals surface area contributed by atoms with Crippen LogP contribution in [-0.4, -0.2) is 11.7 Å². The summed E-state index contributed by atoms with van der Waals surface area (Å²) in [5.41, 5.74) is 3.35. The summed E-state index contributed by atoms with van der Waals surface area (Å²) in [4.78, 5) is 28.0. The molecule has 0 unspecified atom stereocenters. The number of halogens is 1. The summed E-state index contributed by atoms with van der Waals surface area (Å²) in [6.07, 6.45) is 0. The number of anilines is 1. The number of carbonyl (C=O) groups excluding carboxylic acids is 2. The maximum Gasteiger partial charge on any atom is 0.265 e. The summed E-state index contributed by atoms with van der Waals surface area (Å²) in [5, 5.41) is 3.48. The summed E-state index contributed by atoms with van der Waals surface area (Å²) in [6.45, 7) is 3.59. The lowest BCUT2D eigenvalue weighted by molar-refractivity contribution is 0.101. The van der Waals surface area contributed by atoms with Gasteiger partial charge in [0.2, 0.25) is 5.78 Å². The van der Waals surface area contributed by atoms with Crippen molar-refractivity contribution < 1.29 is 18.4 Å². The fourth-order valence-corrected chi connectivity index (χ4v) is 4.91. The van der Waals surface area contributed by atoms with Crippen molar-refractivity contribution in [1.29, 1.82) is 0 Å². The Balaban J connectivity index is 1.53. The van der Waals surface area contributed by atoms with E-state index in [2.05, 4.69) is 5.32 Å². The number of nitrogens with one attached hydrogen (secondary N) is 1. The highest BCUT2D eigenvalue weighted by Crippen LogP contribution is 2.36. The van der Waals surface area contributed by atoms with Crippen LogP contribution in [0.3, 0.4) is 0 Å². The lowest BCUT2D eigenvalue weighted by Crippen LogP contribution is -2.13. The molecule has 0 atom stereocenters. The van der Waals surface area contributed by atoms with Gasteiger partial charge in [-0.25, -0.2) is 4.39 Å². The van der Waals surface area contributed by atoms with E-state index in [0.717, 1.165) is 16.0 Å². The Bertz CT molecular complexity index is 1550. The smallest absolute Gasteiger partial charge is 0.265 e. The third-order valence-electron chi connectivity index (χ3n) is 5.65. The van der Waals surface area contributed by atoms with Crippen LogP contribution in [0.1, 0.15) is 36.9 Å². The van der Waals surface area contributed by atoms with Crippen molar-refractivity contribution in [3.8, 4) is 10.4 Å². The van der Waals surface area contributed by atoms with Gasteiger partial charge in [-0.1, -0.05) is 54.6 Å². The van der Waals surface area contributed by atoms with Gasteiger partial charge in [-0.3, -0.25) is 9.59 Å². The zero-order valence-corrected chi connectivity index (χ0v) is 19.3. The van der Waals surface area contributed by atoms with Gasteiger partial charge in [0, 0.05) is 15.8 Å². The van der Waals surface area contributed by atoms with Crippen LogP contribution in [-0.2, 0) is 0 Å². The number of para-hydroxylation sites is 1. The van der Waals surface area contributed by atoms with Crippen LogP contribution in [0.5, 0.6) is 0 Å². The minimum atomic E-state index is -0.502. The fourth-order valence-electron chi connectivity index (χ4n) is 3.84. The topological polar surface area (TPSA) is 59.3 Å². The second kappa shape index (κ2) is 8.72. The Hall–Kier alpha value is -4.03. The van der Waals surface area contributed by atoms with Gasteiger partial charge in [-0.05, 0) is 54.8 Å². The van der Waals surface area contributed by atoms with Gasteiger partial charge in [0.05, 0.1) is 10.6 Å². The maximum absolute atomic E-state index is 14.1. The van der Waals surface area contributed by atoms with Gasteiger partial charge in [0.1, 0.15) is 11.4 Å². The van der Waals surface area contributed by atoms with E-state index in [4.69, 9.17) is 4.42 Å². The molecule has 3 aromatic carbocycles. The standard InChI is InChI=1S/C28H20FNO3S/c1-16-12-13-19(15-21(16)29)25(31)26-24(20-10-6-7-11-22(20)33-26)30-28(32)23-14-17(2)27(34-23)18-8-4-3-5-9-18/h3-15H,1-2H3,(H,30,32). The van der Waals surface area contributed by atoms with E-state index in [1.165, 1.54) is 17.4 Å². The van der Waals surface area contributed by atoms with Crippen LogP contribution in [0, 0.1) is 19.7 Å². The van der Waals surface area contributed by atoms with Crippen LogP contribution < -0.4 is 5.32 Å². The van der Waals surface area contributed by atoms with E-state index < -0.39 is 11.6 Å². The van der Waals surface area contributed by atoms with Crippen LogP contribution in [0.4, 0.5) is 10.1 Å². The number of carbonyl (C=O) groups is 2. The normalized spacial score (nSPS) is 11.0. The van der Waals surface area contributed by atoms with Gasteiger partial charge >= 0.3 is 0 Å². The lowest BCUT2D eigenvalue weighted by atomic mass is 10.0. The van der Waals surface area contributed by atoms with Crippen LogP contribution in [0.25, 0.3) is 21.4 Å². The van der Waals surface area contributed by atoms with Crippen molar-refractivity contribution >= 4 is 39.7 Å². The molecule has 1 N–H and O–H groups in total. The number of fused-ring (bicyclic) bond motifs is 1. The van der Waals surface area contributed by atoms with E-state index in [9.17, 15) is 14.0 Å². The highest BCUT2D eigenvalue weighted by atomic mass is 32.1. The summed E-state index contributed by atoms with van der Waals surface area (Å²) in [5.74, 6) is -1.35. The van der Waals surface area contributed by atoms with Crippen molar-refractivity contribution in [3.63, 3.8) is 0 Å². The largest absolute Gasteiger partial charge is 0.450 e. The Morgan fingerprint density at radius 1 is 0.882 bits per heavy atom. The monoisotopic (exact) mass is 469 g/mol. The van der Waals surface area contributed by atoms with Gasteiger partial charge < -0.3 is 9.73 Å². The molecular formula is C28H20FNO3S. The minimum absolute atomic E-state index is 0.0330. The van der Waals surface area contributed by atoms with Crippen LogP contribution in [0.2, 0.25) is 0 Å². The van der Waals surface area contributed by atoms with Gasteiger partial charge in [0.25, 0.3) is 5.91 Å². The van der Waals surface area contributed by atoms with E-state index in [-0.39, 0.29) is 22.9 Å². The van der Waals surface area contributed by atoms with Crippen LogP contribution in [0.15, 0.2) is 83.3 Å². The lowest BCUT2D eigenvalue weighted by Gasteiger charge is -2.06. The Kier molecular flexibility index (Phi) is 5.59. The molecule has 5 aromatic rings. The summed E-state index contributed by atoms with van der Waals surface area (Å²) in [6, 6.07) is 23.1. The zero-order chi connectivity index (χ0) is 23.8. The number of aryl methyl sites for hydroxylation is 2. The predicted octanol–water partition coefficient (Wildman–Crippen LogP) is 7.40. The van der Waals surface area contributed by atoms with Crippen LogP contribution >= 0.6 is 11.3 Å². The third-order valence-corrected chi connectivity index (χ3v) is 6.94. The maximum atomic E-state index is 14.1. The molecule has 2 aromatic heterocycles. The molecule has 0 fully saturated rings. The molecule has 34 heavy (non-hydrogen) atoms. The molecule has 0 aliphatic rings. The number of amides is 1. The molecule has 2 heterocycles. The first kappa shape index (κ1) is 21.8. The van der Waals surface area contributed by atoms with Crippen molar-refractivity contribution in [2.75, 3.05) is 5.32 Å². The van der Waals surface area contributed by atoms with E-state index >= 15 is 0 Å². The molecule has 0 saturated carbocycles. The van der Waals surface area contributed by atoms with Crippen molar-refractivity contribution in [3.05, 3.63) is 112 Å². The average Bonchev–Trinajstić information content (AvgIpc) is 3.42. The van der Waals surface area contributed by atoms with Gasteiger partial charge in [-0.15, -0.1) is 11.3 Å². The third kappa shape index (κ3) is 3.93. The van der Waals surface area contributed by atoms with Gasteiger partial charge in [0.15, 0.2) is 5.76 Å².